The maximum absolute atomic E-state index is 2.63. The molecule has 0 aromatic heterocycles. The molecule has 2 heterocycles. The summed E-state index contributed by atoms with van der Waals surface area (Å²) in [7, 11) is 0. The van der Waals surface area contributed by atoms with E-state index in [0.717, 1.165) is 0 Å². The van der Waals surface area contributed by atoms with E-state index >= 15 is 0 Å². The Hall–Kier alpha value is -0.0800. The van der Waals surface area contributed by atoms with Crippen molar-refractivity contribution in [2.45, 2.75) is 25.7 Å². The van der Waals surface area contributed by atoms with Crippen molar-refractivity contribution in [2.75, 3.05) is 39.3 Å². The van der Waals surface area contributed by atoms with E-state index in [9.17, 15) is 0 Å². The molecule has 0 saturated carbocycles. The normalized spacial score (nSPS) is 27.0. The molecule has 0 aromatic rings. The second-order valence-electron chi connectivity index (χ2n) is 4.10. The second-order valence-corrected chi connectivity index (χ2v) is 4.10. The van der Waals surface area contributed by atoms with Crippen molar-refractivity contribution >= 4 is 0 Å². The molecule has 0 radical (unpaired) electrons. The summed E-state index contributed by atoms with van der Waals surface area (Å²) >= 11 is 0. The molecule has 2 fully saturated rings. The number of likely N-dealkylation sites (tertiary alicyclic amines) is 2. The summed E-state index contributed by atoms with van der Waals surface area (Å²) < 4.78 is 0. The number of rotatable bonds is 3. The predicted molar refractivity (Wildman–Crippen MR) is 51.3 cm³/mol. The average Bonchev–Trinajstić information content (AvgIpc) is 2.04. The lowest BCUT2D eigenvalue weighted by Gasteiger charge is -2.34. The molecule has 0 aliphatic carbocycles. The van der Waals surface area contributed by atoms with Crippen LogP contribution in [0.25, 0.3) is 0 Å². The zero-order valence-electron chi connectivity index (χ0n) is 7.97. The molecular formula is C10H20N2. The van der Waals surface area contributed by atoms with Gasteiger partial charge in [-0.25, -0.2) is 0 Å². The Balaban J connectivity index is 1.58. The molecule has 2 nitrogen and oxygen atoms in total. The van der Waals surface area contributed by atoms with Crippen LogP contribution in [0.2, 0.25) is 0 Å². The number of nitrogens with zero attached hydrogens (tertiary/aromatic N) is 2. The van der Waals surface area contributed by atoms with Crippen LogP contribution in [0.4, 0.5) is 0 Å². The van der Waals surface area contributed by atoms with Crippen molar-refractivity contribution in [1.82, 2.24) is 9.80 Å². The van der Waals surface area contributed by atoms with Crippen molar-refractivity contribution in [3.05, 3.63) is 0 Å². The van der Waals surface area contributed by atoms with E-state index in [-0.39, 0.29) is 0 Å². The lowest BCUT2D eigenvalue weighted by molar-refractivity contribution is 0.138. The predicted octanol–water partition coefficient (Wildman–Crippen LogP) is 1.18. The van der Waals surface area contributed by atoms with Gasteiger partial charge < -0.3 is 9.80 Å². The molecule has 0 aromatic carbocycles. The Morgan fingerprint density at radius 2 is 1.08 bits per heavy atom. The fourth-order valence-corrected chi connectivity index (χ4v) is 2.07. The van der Waals surface area contributed by atoms with Gasteiger partial charge in [-0.2, -0.15) is 0 Å². The molecule has 12 heavy (non-hydrogen) atoms. The van der Waals surface area contributed by atoms with Crippen LogP contribution in [0, 0.1) is 0 Å². The van der Waals surface area contributed by atoms with Gasteiger partial charge in [0.1, 0.15) is 0 Å². The van der Waals surface area contributed by atoms with Crippen molar-refractivity contribution < 1.29 is 0 Å². The Labute approximate surface area is 75.5 Å². The lowest BCUT2D eigenvalue weighted by Crippen LogP contribution is -2.43. The van der Waals surface area contributed by atoms with Gasteiger partial charge in [0.2, 0.25) is 0 Å². The van der Waals surface area contributed by atoms with Gasteiger partial charge in [0.25, 0.3) is 0 Å². The van der Waals surface area contributed by atoms with E-state index in [0.29, 0.717) is 0 Å². The Morgan fingerprint density at radius 1 is 0.583 bits per heavy atom. The number of piperidine rings is 1. The highest BCUT2D eigenvalue weighted by Gasteiger charge is 2.15. The minimum Gasteiger partial charge on any atom is -0.302 e. The summed E-state index contributed by atoms with van der Waals surface area (Å²) in [6.07, 6.45) is 5.75. The zero-order chi connectivity index (χ0) is 8.23. The first-order chi connectivity index (χ1) is 5.95. The molecule has 0 amide bonds. The first-order valence-corrected chi connectivity index (χ1v) is 5.40. The van der Waals surface area contributed by atoms with E-state index in [1.54, 1.807) is 0 Å². The van der Waals surface area contributed by atoms with E-state index in [2.05, 4.69) is 9.80 Å². The first-order valence-electron chi connectivity index (χ1n) is 5.40. The minimum absolute atomic E-state index is 1.32. The smallest absolute Gasteiger partial charge is 0.0109 e. The average molecular weight is 168 g/mol. The van der Waals surface area contributed by atoms with E-state index in [1.165, 1.54) is 65.0 Å². The Kier molecular flexibility index (Phi) is 3.01. The summed E-state index contributed by atoms with van der Waals surface area (Å²) in [5.74, 6) is 0. The van der Waals surface area contributed by atoms with E-state index in [1.807, 2.05) is 0 Å². The van der Waals surface area contributed by atoms with Crippen molar-refractivity contribution in [2.24, 2.45) is 0 Å². The maximum atomic E-state index is 2.63. The first kappa shape index (κ1) is 8.52. The van der Waals surface area contributed by atoms with Crippen LogP contribution in [-0.2, 0) is 0 Å². The van der Waals surface area contributed by atoms with Crippen molar-refractivity contribution in [3.8, 4) is 0 Å². The molecule has 0 spiro atoms. The van der Waals surface area contributed by atoms with Crippen LogP contribution in [0.15, 0.2) is 0 Å². The highest BCUT2D eigenvalue weighted by Crippen LogP contribution is 2.10. The third-order valence-corrected chi connectivity index (χ3v) is 3.13. The van der Waals surface area contributed by atoms with Crippen LogP contribution >= 0.6 is 0 Å². The summed E-state index contributed by atoms with van der Waals surface area (Å²) in [5.41, 5.74) is 0. The minimum atomic E-state index is 1.32. The molecule has 2 saturated heterocycles. The topological polar surface area (TPSA) is 6.48 Å². The van der Waals surface area contributed by atoms with E-state index < -0.39 is 0 Å². The largest absolute Gasteiger partial charge is 0.302 e. The Morgan fingerprint density at radius 3 is 1.50 bits per heavy atom. The highest BCUT2D eigenvalue weighted by atomic mass is 15.2. The molecule has 2 rings (SSSR count). The number of hydrogen-bond donors (Lipinski definition) is 0. The molecule has 2 aliphatic heterocycles. The van der Waals surface area contributed by atoms with Gasteiger partial charge in [-0.05, 0) is 45.4 Å². The van der Waals surface area contributed by atoms with Crippen LogP contribution in [0.1, 0.15) is 25.7 Å². The van der Waals surface area contributed by atoms with Crippen LogP contribution in [0.3, 0.4) is 0 Å². The van der Waals surface area contributed by atoms with Gasteiger partial charge in [0, 0.05) is 13.1 Å². The second kappa shape index (κ2) is 4.24. The van der Waals surface area contributed by atoms with Gasteiger partial charge in [0.15, 0.2) is 0 Å². The molecule has 2 heteroatoms. The van der Waals surface area contributed by atoms with Crippen molar-refractivity contribution in [1.29, 1.82) is 0 Å². The molecule has 70 valence electrons. The fourth-order valence-electron chi connectivity index (χ4n) is 2.07. The third kappa shape index (κ3) is 2.20. The van der Waals surface area contributed by atoms with Crippen LogP contribution in [0.5, 0.6) is 0 Å². The summed E-state index contributed by atoms with van der Waals surface area (Å²) in [4.78, 5) is 5.19. The number of hydrogen-bond acceptors (Lipinski definition) is 2. The Bertz CT molecular complexity index is 126. The van der Waals surface area contributed by atoms with Gasteiger partial charge in [-0.1, -0.05) is 6.42 Å². The quantitative estimate of drug-likeness (QED) is 0.624. The fraction of sp³-hybridized carbons (Fsp3) is 1.00. The zero-order valence-corrected chi connectivity index (χ0v) is 7.97. The van der Waals surface area contributed by atoms with Crippen LogP contribution < -0.4 is 0 Å². The van der Waals surface area contributed by atoms with E-state index in [4.69, 9.17) is 0 Å². The highest BCUT2D eigenvalue weighted by molar-refractivity contribution is 4.71. The molecule has 0 bridgehead atoms. The van der Waals surface area contributed by atoms with Gasteiger partial charge >= 0.3 is 0 Å². The molecule has 2 aliphatic rings. The standard InChI is InChI=1S/C10H20N2/c1-2-5-11(6-3-1)9-10-12-7-4-8-12/h1-10H2. The van der Waals surface area contributed by atoms with Gasteiger partial charge in [-0.3, -0.25) is 0 Å². The van der Waals surface area contributed by atoms with Gasteiger partial charge in [-0.15, -0.1) is 0 Å². The molecular weight excluding hydrogens is 148 g/mol. The molecule has 0 atom stereocenters. The molecule has 0 N–H and O–H groups in total. The lowest BCUT2D eigenvalue weighted by atomic mass is 10.1. The maximum Gasteiger partial charge on any atom is 0.0109 e. The van der Waals surface area contributed by atoms with Crippen LogP contribution in [-0.4, -0.2) is 49.1 Å². The van der Waals surface area contributed by atoms with Crippen molar-refractivity contribution in [3.63, 3.8) is 0 Å². The third-order valence-electron chi connectivity index (χ3n) is 3.13. The van der Waals surface area contributed by atoms with Gasteiger partial charge in [0.05, 0.1) is 0 Å². The monoisotopic (exact) mass is 168 g/mol. The molecule has 0 unspecified atom stereocenters. The summed E-state index contributed by atoms with van der Waals surface area (Å²) in [5, 5.41) is 0. The SMILES string of the molecule is C1CCN(CCN2CCC2)CC1. The summed E-state index contributed by atoms with van der Waals surface area (Å²) in [6.45, 7) is 8.06. The summed E-state index contributed by atoms with van der Waals surface area (Å²) in [6, 6.07) is 0.